The number of halogens is 1. The number of fused-ring (bicyclic) bond motifs is 1. The minimum atomic E-state index is -0.337. The van der Waals surface area contributed by atoms with Gasteiger partial charge in [-0.15, -0.1) is 0 Å². The zero-order chi connectivity index (χ0) is 17.8. The number of hydrogen-bond donors (Lipinski definition) is 2. The smallest absolute Gasteiger partial charge is 0.258 e. The molecule has 5 nitrogen and oxygen atoms in total. The minimum absolute atomic E-state index is 0.181. The fraction of sp³-hybridized carbons (Fsp3) is 0.211. The summed E-state index contributed by atoms with van der Waals surface area (Å²) in [6, 6.07) is 12.9. The average Bonchev–Trinajstić information content (AvgIpc) is 2.60. The predicted molar refractivity (Wildman–Crippen MR) is 93.6 cm³/mol. The highest BCUT2D eigenvalue weighted by Gasteiger charge is 2.11. The third-order valence-electron chi connectivity index (χ3n) is 3.98. The van der Waals surface area contributed by atoms with Gasteiger partial charge in [-0.2, -0.15) is 0 Å². The van der Waals surface area contributed by atoms with E-state index in [-0.39, 0.29) is 29.7 Å². The molecule has 2 aromatic carbocycles. The Bertz CT molecular complexity index is 968. The SMILES string of the molecule is C[C@H](NC(=O)CCc1nc2ccccc2c(=O)[nH]1)c1cccc(F)c1. The summed E-state index contributed by atoms with van der Waals surface area (Å²) < 4.78 is 13.2. The lowest BCUT2D eigenvalue weighted by Crippen LogP contribution is -2.27. The van der Waals surface area contributed by atoms with Gasteiger partial charge in [-0.25, -0.2) is 9.37 Å². The molecule has 0 radical (unpaired) electrons. The fourth-order valence-electron chi connectivity index (χ4n) is 2.66. The topological polar surface area (TPSA) is 74.8 Å². The van der Waals surface area contributed by atoms with E-state index >= 15 is 0 Å². The third kappa shape index (κ3) is 4.09. The van der Waals surface area contributed by atoms with Crippen LogP contribution in [0, 0.1) is 5.82 Å². The number of para-hydroxylation sites is 1. The van der Waals surface area contributed by atoms with Crippen LogP contribution in [-0.4, -0.2) is 15.9 Å². The molecular weight excluding hydrogens is 321 g/mol. The summed E-state index contributed by atoms with van der Waals surface area (Å²) in [5, 5.41) is 3.34. The second-order valence-corrected chi connectivity index (χ2v) is 5.87. The van der Waals surface area contributed by atoms with Gasteiger partial charge >= 0.3 is 0 Å². The van der Waals surface area contributed by atoms with Crippen molar-refractivity contribution in [1.29, 1.82) is 0 Å². The number of hydrogen-bond acceptors (Lipinski definition) is 3. The molecular formula is C19H18FN3O2. The van der Waals surface area contributed by atoms with Gasteiger partial charge < -0.3 is 10.3 Å². The quantitative estimate of drug-likeness (QED) is 0.750. The molecule has 25 heavy (non-hydrogen) atoms. The average molecular weight is 339 g/mol. The van der Waals surface area contributed by atoms with Crippen molar-refractivity contribution in [2.24, 2.45) is 0 Å². The van der Waals surface area contributed by atoms with Crippen molar-refractivity contribution < 1.29 is 9.18 Å². The normalized spacial score (nSPS) is 12.1. The van der Waals surface area contributed by atoms with E-state index in [1.807, 2.05) is 6.07 Å². The Kier molecular flexibility index (Phi) is 4.88. The van der Waals surface area contributed by atoms with Crippen molar-refractivity contribution in [1.82, 2.24) is 15.3 Å². The molecule has 0 saturated carbocycles. The molecule has 0 spiro atoms. The molecule has 0 aliphatic heterocycles. The first-order valence-corrected chi connectivity index (χ1v) is 8.05. The van der Waals surface area contributed by atoms with E-state index in [2.05, 4.69) is 15.3 Å². The number of nitrogens with one attached hydrogen (secondary N) is 2. The molecule has 6 heteroatoms. The number of H-pyrrole nitrogens is 1. The van der Waals surface area contributed by atoms with Gasteiger partial charge in [0.1, 0.15) is 11.6 Å². The Morgan fingerprint density at radius 3 is 2.84 bits per heavy atom. The van der Waals surface area contributed by atoms with Crippen molar-refractivity contribution in [3.05, 3.63) is 76.1 Å². The van der Waals surface area contributed by atoms with E-state index in [9.17, 15) is 14.0 Å². The summed E-state index contributed by atoms with van der Waals surface area (Å²) in [4.78, 5) is 31.2. The van der Waals surface area contributed by atoms with Crippen LogP contribution in [0.15, 0.2) is 53.3 Å². The predicted octanol–water partition coefficient (Wildman–Crippen LogP) is 2.87. The summed E-state index contributed by atoms with van der Waals surface area (Å²) in [7, 11) is 0. The minimum Gasteiger partial charge on any atom is -0.350 e. The van der Waals surface area contributed by atoms with Crippen LogP contribution >= 0.6 is 0 Å². The number of benzene rings is 2. The number of aromatic nitrogens is 2. The van der Waals surface area contributed by atoms with Gasteiger partial charge in [-0.3, -0.25) is 9.59 Å². The van der Waals surface area contributed by atoms with Crippen molar-refractivity contribution in [2.45, 2.75) is 25.8 Å². The van der Waals surface area contributed by atoms with Crippen molar-refractivity contribution >= 4 is 16.8 Å². The Hall–Kier alpha value is -3.02. The maximum atomic E-state index is 13.2. The van der Waals surface area contributed by atoms with Crippen LogP contribution in [0.1, 0.15) is 30.8 Å². The zero-order valence-corrected chi connectivity index (χ0v) is 13.8. The van der Waals surface area contributed by atoms with Gasteiger partial charge in [0.25, 0.3) is 5.56 Å². The van der Waals surface area contributed by atoms with E-state index < -0.39 is 0 Å². The first-order chi connectivity index (χ1) is 12.0. The third-order valence-corrected chi connectivity index (χ3v) is 3.98. The first kappa shape index (κ1) is 16.8. The summed E-state index contributed by atoms with van der Waals surface area (Å²) in [6.07, 6.45) is 0.503. The summed E-state index contributed by atoms with van der Waals surface area (Å²) >= 11 is 0. The van der Waals surface area contributed by atoms with Gasteiger partial charge in [0.15, 0.2) is 0 Å². The van der Waals surface area contributed by atoms with E-state index in [1.165, 1.54) is 12.1 Å². The molecule has 1 atom stereocenters. The number of amides is 1. The number of nitrogens with zero attached hydrogens (tertiary/aromatic N) is 1. The van der Waals surface area contributed by atoms with Crippen LogP contribution in [0.25, 0.3) is 10.9 Å². The molecule has 0 saturated heterocycles. The standard InChI is InChI=1S/C19H18FN3O2/c1-12(13-5-4-6-14(20)11-13)21-18(24)10-9-17-22-16-8-3-2-7-15(16)19(25)23-17/h2-8,11-12H,9-10H2,1H3,(H,21,24)(H,22,23,25)/t12-/m0/s1. The molecule has 0 fully saturated rings. The number of carbonyl (C=O) groups excluding carboxylic acids is 1. The summed E-state index contributed by atoms with van der Waals surface area (Å²) in [5.74, 6) is -0.0543. The summed E-state index contributed by atoms with van der Waals surface area (Å²) in [5.41, 5.74) is 1.09. The van der Waals surface area contributed by atoms with Crippen LogP contribution in [-0.2, 0) is 11.2 Å². The Labute approximate surface area is 143 Å². The molecule has 0 aliphatic carbocycles. The maximum absolute atomic E-state index is 13.2. The lowest BCUT2D eigenvalue weighted by atomic mass is 10.1. The highest BCUT2D eigenvalue weighted by molar-refractivity contribution is 5.78. The Morgan fingerprint density at radius 1 is 1.24 bits per heavy atom. The number of rotatable bonds is 5. The molecule has 3 rings (SSSR count). The molecule has 3 aromatic rings. The highest BCUT2D eigenvalue weighted by Crippen LogP contribution is 2.14. The monoisotopic (exact) mass is 339 g/mol. The summed E-state index contributed by atoms with van der Waals surface area (Å²) in [6.45, 7) is 1.79. The van der Waals surface area contributed by atoms with E-state index in [1.54, 1.807) is 37.3 Å². The molecule has 2 N–H and O–H groups in total. The maximum Gasteiger partial charge on any atom is 0.258 e. The Balaban J connectivity index is 1.63. The van der Waals surface area contributed by atoms with E-state index in [4.69, 9.17) is 0 Å². The van der Waals surface area contributed by atoms with Crippen LogP contribution < -0.4 is 10.9 Å². The number of aryl methyl sites for hydroxylation is 1. The first-order valence-electron chi connectivity index (χ1n) is 8.05. The van der Waals surface area contributed by atoms with E-state index in [0.717, 1.165) is 0 Å². The molecule has 0 bridgehead atoms. The second-order valence-electron chi connectivity index (χ2n) is 5.87. The largest absolute Gasteiger partial charge is 0.350 e. The Morgan fingerprint density at radius 2 is 2.04 bits per heavy atom. The van der Waals surface area contributed by atoms with Crippen LogP contribution in [0.5, 0.6) is 0 Å². The number of carbonyl (C=O) groups is 1. The molecule has 0 unspecified atom stereocenters. The molecule has 1 aromatic heterocycles. The molecule has 1 heterocycles. The van der Waals surface area contributed by atoms with E-state index in [0.29, 0.717) is 28.7 Å². The highest BCUT2D eigenvalue weighted by atomic mass is 19.1. The zero-order valence-electron chi connectivity index (χ0n) is 13.8. The van der Waals surface area contributed by atoms with Gasteiger partial charge in [-0.05, 0) is 36.8 Å². The van der Waals surface area contributed by atoms with Gasteiger partial charge in [-0.1, -0.05) is 24.3 Å². The van der Waals surface area contributed by atoms with Gasteiger partial charge in [0.2, 0.25) is 5.91 Å². The second kappa shape index (κ2) is 7.25. The van der Waals surface area contributed by atoms with Crippen LogP contribution in [0.2, 0.25) is 0 Å². The van der Waals surface area contributed by atoms with Crippen LogP contribution in [0.4, 0.5) is 4.39 Å². The lowest BCUT2D eigenvalue weighted by molar-refractivity contribution is -0.121. The van der Waals surface area contributed by atoms with Crippen molar-refractivity contribution in [3.63, 3.8) is 0 Å². The lowest BCUT2D eigenvalue weighted by Gasteiger charge is -2.14. The van der Waals surface area contributed by atoms with Gasteiger partial charge in [0.05, 0.1) is 16.9 Å². The molecule has 1 amide bonds. The van der Waals surface area contributed by atoms with Gasteiger partial charge in [0, 0.05) is 12.8 Å². The molecule has 0 aliphatic rings. The fourth-order valence-corrected chi connectivity index (χ4v) is 2.66. The van der Waals surface area contributed by atoms with Crippen molar-refractivity contribution in [2.75, 3.05) is 0 Å². The van der Waals surface area contributed by atoms with Crippen molar-refractivity contribution in [3.8, 4) is 0 Å². The molecule has 128 valence electrons. The van der Waals surface area contributed by atoms with Crippen LogP contribution in [0.3, 0.4) is 0 Å². The number of aromatic amines is 1.